The Balaban J connectivity index is 3.66. The molecule has 6 nitrogen and oxygen atoms in total. The average Bonchev–Trinajstić information content (AvgIpc) is 2.17. The van der Waals surface area contributed by atoms with Gasteiger partial charge in [-0.3, -0.25) is 10.1 Å². The third kappa shape index (κ3) is 3.17. The zero-order chi connectivity index (χ0) is 14.1. The average molecular weight is 303 g/mol. The van der Waals surface area contributed by atoms with Crippen molar-refractivity contribution in [3.63, 3.8) is 0 Å². The normalized spacial score (nSPS) is 11.1. The van der Waals surface area contributed by atoms with E-state index in [1.54, 1.807) is 0 Å². The van der Waals surface area contributed by atoms with Crippen molar-refractivity contribution in [2.75, 3.05) is 0 Å². The summed E-state index contributed by atoms with van der Waals surface area (Å²) in [5.41, 5.74) is -3.35. The summed E-state index contributed by atoms with van der Waals surface area (Å²) in [5, 5.41) is 9.78. The van der Waals surface area contributed by atoms with Crippen LogP contribution in [0.2, 0.25) is 5.02 Å². The molecule has 0 saturated carbocycles. The molecule has 0 spiro atoms. The monoisotopic (exact) mass is 302 g/mol. The van der Waals surface area contributed by atoms with Crippen molar-refractivity contribution in [2.45, 2.75) is 6.18 Å². The summed E-state index contributed by atoms with van der Waals surface area (Å²) in [4.78, 5) is 9.35. The Hall–Kier alpha value is -1.68. The second kappa shape index (κ2) is 4.90. The molecule has 0 fully saturated rings. The van der Waals surface area contributed by atoms with Gasteiger partial charge in [0, 0.05) is 6.07 Å². The maximum Gasteiger partial charge on any atom is 0.416 e. The Morgan fingerprint density at radius 1 is 1.33 bits per heavy atom. The molecule has 0 N–H and O–H groups in total. The molecule has 1 rings (SSSR count). The summed E-state index contributed by atoms with van der Waals surface area (Å²) in [7, 11) is -3.08. The van der Waals surface area contributed by atoms with Crippen LogP contribution in [0.3, 0.4) is 0 Å². The van der Waals surface area contributed by atoms with Crippen LogP contribution < -0.4 is 0 Å². The van der Waals surface area contributed by atoms with Gasteiger partial charge < -0.3 is 0 Å². The zero-order valence-electron chi connectivity index (χ0n) is 8.10. The van der Waals surface area contributed by atoms with Crippen LogP contribution in [0.5, 0.6) is 0 Å². The zero-order valence-corrected chi connectivity index (χ0v) is 9.67. The van der Waals surface area contributed by atoms with Crippen LogP contribution in [0.4, 0.5) is 24.5 Å². The third-order valence-electron chi connectivity index (χ3n) is 1.73. The van der Waals surface area contributed by atoms with Gasteiger partial charge in [0.25, 0.3) is 5.69 Å². The minimum absolute atomic E-state index is 0.164. The summed E-state index contributed by atoms with van der Waals surface area (Å²) >= 11 is 5.36. The second-order valence-corrected chi connectivity index (χ2v) is 3.91. The number of hydrogen-bond donors (Lipinski definition) is 0. The number of alkyl halides is 3. The molecule has 18 heavy (non-hydrogen) atoms. The van der Waals surface area contributed by atoms with Gasteiger partial charge in [-0.15, -0.1) is 4.36 Å². The van der Waals surface area contributed by atoms with E-state index in [4.69, 9.17) is 11.6 Å². The van der Waals surface area contributed by atoms with Gasteiger partial charge in [0.05, 0.1) is 15.5 Å². The molecule has 0 radical (unpaired) electrons. The fraction of sp³-hybridized carbons (Fsp3) is 0.143. The van der Waals surface area contributed by atoms with Gasteiger partial charge in [-0.1, -0.05) is 11.6 Å². The topological polar surface area (TPSA) is 89.6 Å². The fourth-order valence-corrected chi connectivity index (χ4v) is 1.70. The first kappa shape index (κ1) is 14.4. The van der Waals surface area contributed by atoms with Crippen molar-refractivity contribution in [3.8, 4) is 0 Å². The second-order valence-electron chi connectivity index (χ2n) is 2.89. The van der Waals surface area contributed by atoms with E-state index in [2.05, 4.69) is 4.36 Å². The van der Waals surface area contributed by atoms with Gasteiger partial charge >= 0.3 is 16.7 Å². The Bertz CT molecular complexity index is 633. The summed E-state index contributed by atoms with van der Waals surface area (Å²) < 4.78 is 60.5. The first-order valence-electron chi connectivity index (χ1n) is 3.99. The molecule has 0 bridgehead atoms. The highest BCUT2D eigenvalue weighted by atomic mass is 35.5. The number of nitro benzene ring substituents is 1. The minimum atomic E-state index is -4.84. The summed E-state index contributed by atoms with van der Waals surface area (Å²) in [6.45, 7) is 0. The number of halogens is 4. The van der Waals surface area contributed by atoms with Crippen LogP contribution in [-0.2, 0) is 16.7 Å². The molecule has 0 aliphatic carbocycles. The third-order valence-corrected chi connectivity index (χ3v) is 2.35. The number of hydrogen-bond acceptors (Lipinski definition) is 5. The predicted molar refractivity (Wildman–Crippen MR) is 54.1 cm³/mol. The van der Waals surface area contributed by atoms with Crippen molar-refractivity contribution in [2.24, 2.45) is 4.36 Å². The maximum absolute atomic E-state index is 12.4. The molecule has 0 aromatic heterocycles. The first-order valence-corrected chi connectivity index (χ1v) is 5.40. The van der Waals surface area contributed by atoms with Gasteiger partial charge in [-0.2, -0.15) is 21.6 Å². The highest BCUT2D eigenvalue weighted by molar-refractivity contribution is 7.61. The molecule has 0 heterocycles. The van der Waals surface area contributed by atoms with Crippen molar-refractivity contribution in [1.82, 2.24) is 0 Å². The Morgan fingerprint density at radius 3 is 2.28 bits per heavy atom. The lowest BCUT2D eigenvalue weighted by atomic mass is 10.1. The Kier molecular flexibility index (Phi) is 3.92. The highest BCUT2D eigenvalue weighted by Crippen LogP contribution is 2.41. The van der Waals surface area contributed by atoms with Crippen molar-refractivity contribution in [3.05, 3.63) is 32.8 Å². The molecule has 1 aromatic carbocycles. The first-order chi connectivity index (χ1) is 8.12. The fourth-order valence-electron chi connectivity index (χ4n) is 1.05. The van der Waals surface area contributed by atoms with Crippen LogP contribution in [0.1, 0.15) is 5.56 Å². The van der Waals surface area contributed by atoms with Crippen LogP contribution in [-0.4, -0.2) is 13.3 Å². The van der Waals surface area contributed by atoms with E-state index in [1.165, 1.54) is 0 Å². The van der Waals surface area contributed by atoms with Gasteiger partial charge in [0.2, 0.25) is 0 Å². The lowest BCUT2D eigenvalue weighted by Crippen LogP contribution is -2.05. The van der Waals surface area contributed by atoms with Gasteiger partial charge in [-0.25, -0.2) is 0 Å². The van der Waals surface area contributed by atoms with E-state index in [0.717, 1.165) is 0 Å². The van der Waals surface area contributed by atoms with Crippen LogP contribution >= 0.6 is 11.6 Å². The minimum Gasteiger partial charge on any atom is -0.258 e. The molecule has 1 aromatic rings. The number of nitrogens with zero attached hydrogens (tertiary/aromatic N) is 2. The summed E-state index contributed by atoms with van der Waals surface area (Å²) in [6.07, 6.45) is -4.84. The van der Waals surface area contributed by atoms with E-state index >= 15 is 0 Å². The molecule has 0 atom stereocenters. The molecule has 11 heteroatoms. The maximum atomic E-state index is 12.4. The van der Waals surface area contributed by atoms with Crippen molar-refractivity contribution in [1.29, 1.82) is 0 Å². The quantitative estimate of drug-likeness (QED) is 0.620. The van der Waals surface area contributed by atoms with E-state index < -0.39 is 43.6 Å². The lowest BCUT2D eigenvalue weighted by molar-refractivity contribution is -0.384. The van der Waals surface area contributed by atoms with Gasteiger partial charge in [-0.05, 0) is 6.07 Å². The number of benzene rings is 1. The molecule has 0 amide bonds. The highest BCUT2D eigenvalue weighted by Gasteiger charge is 2.34. The van der Waals surface area contributed by atoms with Gasteiger partial charge in [0.15, 0.2) is 5.69 Å². The molecule has 0 unspecified atom stereocenters. The van der Waals surface area contributed by atoms with E-state index in [-0.39, 0.29) is 6.07 Å². The predicted octanol–water partition coefficient (Wildman–Crippen LogP) is 2.96. The van der Waals surface area contributed by atoms with Crippen molar-refractivity contribution >= 4 is 33.5 Å². The standard InChI is InChI=1S/C7H2ClF3N2O4S/c8-4-1-3(7(9,10)11)2-5(13(14)15)6(4)12-18(16)17/h1-2H. The molecule has 0 saturated heterocycles. The molecule has 98 valence electrons. The van der Waals surface area contributed by atoms with E-state index in [0.29, 0.717) is 6.07 Å². The van der Waals surface area contributed by atoms with Crippen LogP contribution in [0.25, 0.3) is 0 Å². The SMILES string of the molecule is O=[N+]([O-])c1cc(C(F)(F)F)cc(Cl)c1N=S(=O)=O. The number of rotatable bonds is 2. The summed E-state index contributed by atoms with van der Waals surface area (Å²) in [5.74, 6) is 0. The van der Waals surface area contributed by atoms with E-state index in [9.17, 15) is 31.7 Å². The van der Waals surface area contributed by atoms with Crippen LogP contribution in [0, 0.1) is 10.1 Å². The molecule has 0 aliphatic heterocycles. The lowest BCUT2D eigenvalue weighted by Gasteiger charge is -2.07. The van der Waals surface area contributed by atoms with Crippen molar-refractivity contribution < 1.29 is 26.5 Å². The number of nitro groups is 1. The largest absolute Gasteiger partial charge is 0.416 e. The van der Waals surface area contributed by atoms with E-state index in [1.807, 2.05) is 0 Å². The van der Waals surface area contributed by atoms with Crippen LogP contribution in [0.15, 0.2) is 16.5 Å². The Morgan fingerprint density at radius 2 is 1.89 bits per heavy atom. The molecular weight excluding hydrogens is 301 g/mol. The summed E-state index contributed by atoms with van der Waals surface area (Å²) in [6, 6.07) is 0.526. The smallest absolute Gasteiger partial charge is 0.258 e. The molecular formula is C7H2ClF3N2O4S. The molecule has 0 aliphatic rings. The van der Waals surface area contributed by atoms with Gasteiger partial charge in [0.1, 0.15) is 0 Å². The Labute approximate surface area is 104 Å².